The molecule has 3 amide bonds. The van der Waals surface area contributed by atoms with E-state index in [1.54, 1.807) is 12.2 Å². The number of alkyl carbamates (subject to hydrolysis) is 2. The van der Waals surface area contributed by atoms with Gasteiger partial charge < -0.3 is 63.3 Å². The first-order chi connectivity index (χ1) is 53.9. The summed E-state index contributed by atoms with van der Waals surface area (Å²) in [7, 11) is 0. The maximum Gasteiger partial charge on any atom is 0.407 e. The molecule has 0 fully saturated rings. The number of benzene rings is 4. The zero-order chi connectivity index (χ0) is 78.7. The summed E-state index contributed by atoms with van der Waals surface area (Å²) in [5.41, 5.74) is 9.19. The minimum Gasteiger partial charge on any atom is -0.461 e. The maximum atomic E-state index is 13.5. The van der Waals surface area contributed by atoms with Crippen molar-refractivity contribution >= 4 is 47.4 Å². The molecule has 6 rings (SSSR count). The van der Waals surface area contributed by atoms with Crippen LogP contribution in [0.25, 0.3) is 22.3 Å². The lowest BCUT2D eigenvalue weighted by Gasteiger charge is -2.19. The molecule has 21 nitrogen and oxygen atoms in total. The van der Waals surface area contributed by atoms with Crippen LogP contribution in [0.2, 0.25) is 0 Å². The Labute approximate surface area is 655 Å². The Hall–Kier alpha value is -7.92. The Morgan fingerprint density at radius 1 is 0.355 bits per heavy atom. The Bertz CT molecular complexity index is 3190. The van der Waals surface area contributed by atoms with Gasteiger partial charge in [0.1, 0.15) is 32.2 Å². The van der Waals surface area contributed by atoms with E-state index >= 15 is 0 Å². The molecule has 0 radical (unpaired) electrons. The number of carbonyl (C=O) groups is 8. The molecule has 4 aromatic carbocycles. The van der Waals surface area contributed by atoms with Gasteiger partial charge in [0.25, 0.3) is 0 Å². The Morgan fingerprint density at radius 2 is 0.673 bits per heavy atom. The fourth-order valence-electron chi connectivity index (χ4n) is 13.2. The molecule has 2 atom stereocenters. The summed E-state index contributed by atoms with van der Waals surface area (Å²) in [4.78, 5) is 100. The van der Waals surface area contributed by atoms with E-state index in [0.717, 1.165) is 117 Å². The molecule has 0 bridgehead atoms. The number of hydrogen-bond acceptors (Lipinski definition) is 18. The monoisotopic (exact) mass is 1530 g/mol. The number of hydrogen-bond donors (Lipinski definition) is 3. The van der Waals surface area contributed by atoms with Gasteiger partial charge in [-0.05, 0) is 141 Å². The summed E-state index contributed by atoms with van der Waals surface area (Å²) in [6.45, 7) is 18.6. The van der Waals surface area contributed by atoms with Crippen molar-refractivity contribution in [3.05, 3.63) is 145 Å². The van der Waals surface area contributed by atoms with Crippen LogP contribution >= 0.6 is 0 Å². The molecule has 0 heterocycles. The molecular formula is C89H129N3O18. The molecular weight excluding hydrogens is 1400 g/mol. The Balaban J connectivity index is 0.000000411. The number of amides is 3. The number of Topliss-reactive ketones (excluding diaryl/α,β-unsaturated/α-hetero) is 3. The molecule has 110 heavy (non-hydrogen) atoms. The highest BCUT2D eigenvalue weighted by atomic mass is 16.6. The van der Waals surface area contributed by atoms with E-state index in [0.29, 0.717) is 188 Å². The minimum absolute atomic E-state index is 0.0122. The first-order valence-corrected chi connectivity index (χ1v) is 40.9. The fourth-order valence-corrected chi connectivity index (χ4v) is 13.2. The molecule has 0 spiro atoms. The second kappa shape index (κ2) is 59.8. The number of ketones is 3. The number of unbranched alkanes of at least 4 members (excludes halogenated alkanes) is 13. The molecule has 3 N–H and O–H groups in total. The van der Waals surface area contributed by atoms with Crippen LogP contribution in [0.15, 0.2) is 122 Å². The molecule has 0 saturated carbocycles. The molecule has 0 aliphatic heterocycles. The van der Waals surface area contributed by atoms with Gasteiger partial charge in [0.05, 0.1) is 64.9 Å². The van der Waals surface area contributed by atoms with E-state index in [9.17, 15) is 38.4 Å². The predicted molar refractivity (Wildman–Crippen MR) is 429 cm³/mol. The van der Waals surface area contributed by atoms with Crippen molar-refractivity contribution in [2.75, 3.05) is 112 Å². The van der Waals surface area contributed by atoms with Gasteiger partial charge in [0.2, 0.25) is 5.91 Å². The van der Waals surface area contributed by atoms with Crippen LogP contribution in [0.1, 0.15) is 241 Å². The van der Waals surface area contributed by atoms with E-state index in [4.69, 9.17) is 47.4 Å². The van der Waals surface area contributed by atoms with Gasteiger partial charge in [0, 0.05) is 89.8 Å². The summed E-state index contributed by atoms with van der Waals surface area (Å²) >= 11 is 0. The number of nitrogens with one attached hydrogen (secondary N) is 3. The third-order valence-corrected chi connectivity index (χ3v) is 19.3. The van der Waals surface area contributed by atoms with E-state index in [2.05, 4.69) is 91.5 Å². The maximum absolute atomic E-state index is 13.5. The largest absolute Gasteiger partial charge is 0.461 e. The van der Waals surface area contributed by atoms with Crippen LogP contribution in [0.5, 0.6) is 0 Å². The zero-order valence-corrected chi connectivity index (χ0v) is 66.2. The molecule has 21 heteroatoms. The van der Waals surface area contributed by atoms with Crippen molar-refractivity contribution in [2.45, 2.75) is 230 Å². The molecule has 0 aromatic heterocycles. The van der Waals surface area contributed by atoms with Crippen molar-refractivity contribution in [2.24, 2.45) is 0 Å². The summed E-state index contributed by atoms with van der Waals surface area (Å²) in [5, 5.41) is 8.73. The summed E-state index contributed by atoms with van der Waals surface area (Å²) in [5.74, 6) is -0.203. The lowest BCUT2D eigenvalue weighted by molar-refractivity contribution is -0.143. The fraction of sp³-hybridized carbons (Fsp3) is 0.596. The summed E-state index contributed by atoms with van der Waals surface area (Å²) in [6, 6.07) is 31.5. The quantitative estimate of drug-likeness (QED) is 0.0160. The smallest absolute Gasteiger partial charge is 0.407 e. The van der Waals surface area contributed by atoms with Gasteiger partial charge in [-0.3, -0.25) is 28.8 Å². The third-order valence-electron chi connectivity index (χ3n) is 19.3. The molecule has 0 unspecified atom stereocenters. The SMILES string of the molecule is C=CCOC(=O)CCCCOCCOCCOCCCCC(=O)[C@H](CCCCC)NC(=O)OCC1c2ccccc2-c2ccccc21.C=CCOC(=O)CCCCOCCOCCOCCCCC(=O)[C@H](CCCCNC(=O)CCCCCCC(=O)CCCCCC)NC(=O)OCC1c2ccccc2-c2ccccc21. The normalized spacial score (nSPS) is 12.4. The molecule has 2 aliphatic rings. The summed E-state index contributed by atoms with van der Waals surface area (Å²) in [6.07, 6.45) is 24.3. The molecule has 4 aromatic rings. The number of carbonyl (C=O) groups excluding carboxylic acids is 8. The minimum atomic E-state index is -0.699. The zero-order valence-electron chi connectivity index (χ0n) is 66.2. The topological polar surface area (TPSA) is 265 Å². The third kappa shape index (κ3) is 39.3. The van der Waals surface area contributed by atoms with Gasteiger partial charge in [-0.25, -0.2) is 9.59 Å². The van der Waals surface area contributed by atoms with Gasteiger partial charge in [-0.1, -0.05) is 188 Å². The predicted octanol–water partition coefficient (Wildman–Crippen LogP) is 16.9. The highest BCUT2D eigenvalue weighted by molar-refractivity contribution is 5.88. The number of fused-ring (bicyclic) bond motifs is 6. The van der Waals surface area contributed by atoms with E-state index in [1.165, 1.54) is 24.0 Å². The average Bonchev–Trinajstić information content (AvgIpc) is 1.63. The lowest BCUT2D eigenvalue weighted by atomic mass is 9.98. The van der Waals surface area contributed by atoms with Crippen molar-refractivity contribution in [1.29, 1.82) is 0 Å². The molecule has 2 aliphatic carbocycles. The summed E-state index contributed by atoms with van der Waals surface area (Å²) < 4.78 is 54.9. The number of rotatable bonds is 65. The second-order valence-corrected chi connectivity index (χ2v) is 28.0. The molecule has 608 valence electrons. The van der Waals surface area contributed by atoms with Crippen LogP contribution in [-0.4, -0.2) is 172 Å². The van der Waals surface area contributed by atoms with Crippen molar-refractivity contribution in [1.82, 2.24) is 16.0 Å². The Kier molecular flexibility index (Phi) is 50.4. The van der Waals surface area contributed by atoms with E-state index < -0.39 is 24.3 Å². The van der Waals surface area contributed by atoms with Gasteiger partial charge >= 0.3 is 24.1 Å². The van der Waals surface area contributed by atoms with Crippen LogP contribution in [0, 0.1) is 0 Å². The highest BCUT2D eigenvalue weighted by Gasteiger charge is 2.32. The highest BCUT2D eigenvalue weighted by Crippen LogP contribution is 2.46. The number of esters is 2. The van der Waals surface area contributed by atoms with E-state index in [1.807, 2.05) is 48.5 Å². The van der Waals surface area contributed by atoms with Crippen LogP contribution < -0.4 is 16.0 Å². The van der Waals surface area contributed by atoms with Crippen molar-refractivity contribution < 1.29 is 85.7 Å². The van der Waals surface area contributed by atoms with Gasteiger partial charge in [-0.2, -0.15) is 0 Å². The van der Waals surface area contributed by atoms with Crippen LogP contribution in [-0.2, 0) is 76.1 Å². The Morgan fingerprint density at radius 3 is 1.05 bits per heavy atom. The van der Waals surface area contributed by atoms with Gasteiger partial charge in [0.15, 0.2) is 11.6 Å². The average molecular weight is 1530 g/mol. The van der Waals surface area contributed by atoms with E-state index in [-0.39, 0.29) is 67.7 Å². The van der Waals surface area contributed by atoms with Crippen LogP contribution in [0.3, 0.4) is 0 Å². The van der Waals surface area contributed by atoms with Gasteiger partial charge in [-0.15, -0.1) is 0 Å². The molecule has 0 saturated heterocycles. The first kappa shape index (κ1) is 92.7. The number of ether oxygens (including phenoxy) is 10. The first-order valence-electron chi connectivity index (χ1n) is 40.9. The second-order valence-electron chi connectivity index (χ2n) is 28.0. The van der Waals surface area contributed by atoms with Crippen molar-refractivity contribution in [3.63, 3.8) is 0 Å². The van der Waals surface area contributed by atoms with Crippen molar-refractivity contribution in [3.8, 4) is 22.3 Å². The van der Waals surface area contributed by atoms with Crippen LogP contribution in [0.4, 0.5) is 9.59 Å². The lowest BCUT2D eigenvalue weighted by Crippen LogP contribution is -2.41. The standard InChI is InChI=1S/C51H76N2O10.C38H53NO8/c1-3-5-6-9-22-41(54)23-10-7-8-11-30-49(56)52-32-19-16-28-47(53-51(58)63-40-46-44-26-14-12-24-42(44)43-25-13-15-27-45(43)46)48(55)29-17-20-34-59-36-38-61-39-37-60-35-21-18-31-50(57)62-33-4-2;1-3-5-6-19-35(39-38(42)47-29-34-32-17-9-7-15-30(32)31-16-8-10-18-33(31)34)36(40)20-11-13-23-43-25-27-45-28-26-44-24-14-12-21-37(41)46-22-4-2/h4,12-15,24-27,46-47H,2-3,5-11,16-23,28-40H2,1H3,(H,52,56)(H,53,58);4,7-10,15-18,34-35H,2-3,5-6,11-14,19-29H2,1H3,(H,39,42)/t47-;35-/m00/s1.